The van der Waals surface area contributed by atoms with Crippen molar-refractivity contribution in [2.24, 2.45) is 0 Å². The molecule has 1 aliphatic carbocycles. The summed E-state index contributed by atoms with van der Waals surface area (Å²) < 4.78 is 5.17. The van der Waals surface area contributed by atoms with Crippen LogP contribution >= 0.6 is 0 Å². The first kappa shape index (κ1) is 13.3. The molecule has 2 unspecified atom stereocenters. The van der Waals surface area contributed by atoms with E-state index in [4.69, 9.17) is 4.74 Å². The molecule has 0 amide bonds. The lowest BCUT2D eigenvalue weighted by atomic mass is 10.1. The third kappa shape index (κ3) is 2.27. The minimum atomic E-state index is -1.66. The third-order valence-corrected chi connectivity index (χ3v) is 3.77. The van der Waals surface area contributed by atoms with E-state index in [2.05, 4.69) is 0 Å². The molecule has 0 heterocycles. The van der Waals surface area contributed by atoms with Crippen LogP contribution in [0, 0.1) is 10.1 Å². The van der Waals surface area contributed by atoms with Gasteiger partial charge in [-0.3, -0.25) is 10.1 Å². The second-order valence-electron chi connectivity index (χ2n) is 5.05. The summed E-state index contributed by atoms with van der Waals surface area (Å²) >= 11 is 0. The Hall–Kier alpha value is -2.69. The van der Waals surface area contributed by atoms with Crippen LogP contribution < -0.4 is 4.74 Å². The average Bonchev–Trinajstić information content (AvgIpc) is 3.26. The highest BCUT2D eigenvalue weighted by Crippen LogP contribution is 2.54. The standard InChI is InChI=1S/C16H13NO4/c18-15(21-13-9-5-2-6-10-13)16(17(19)20)11-14(16)12-7-3-1-4-8-12/h1-10,14H,11H2. The molecule has 1 fully saturated rings. The number of carbonyl (C=O) groups excluding carboxylic acids is 1. The number of para-hydroxylation sites is 1. The Morgan fingerprint density at radius 3 is 2.24 bits per heavy atom. The van der Waals surface area contributed by atoms with Gasteiger partial charge in [-0.05, 0) is 17.7 Å². The number of carbonyl (C=O) groups is 1. The maximum Gasteiger partial charge on any atom is 0.390 e. The van der Waals surface area contributed by atoms with Crippen LogP contribution in [0.1, 0.15) is 17.9 Å². The van der Waals surface area contributed by atoms with Gasteiger partial charge < -0.3 is 4.74 Å². The quantitative estimate of drug-likeness (QED) is 0.374. The van der Waals surface area contributed by atoms with Gasteiger partial charge in [-0.2, -0.15) is 0 Å². The van der Waals surface area contributed by atoms with Crippen LogP contribution in [0.5, 0.6) is 5.75 Å². The first-order valence-corrected chi connectivity index (χ1v) is 6.61. The monoisotopic (exact) mass is 283 g/mol. The second-order valence-corrected chi connectivity index (χ2v) is 5.05. The maximum absolute atomic E-state index is 12.3. The number of hydrogen-bond donors (Lipinski definition) is 0. The van der Waals surface area contributed by atoms with Crippen molar-refractivity contribution in [3.8, 4) is 5.75 Å². The Morgan fingerprint density at radius 1 is 1.10 bits per heavy atom. The van der Waals surface area contributed by atoms with Gasteiger partial charge in [0.15, 0.2) is 0 Å². The fourth-order valence-electron chi connectivity index (χ4n) is 2.52. The van der Waals surface area contributed by atoms with E-state index < -0.39 is 22.3 Å². The predicted molar refractivity (Wildman–Crippen MR) is 75.6 cm³/mol. The zero-order valence-corrected chi connectivity index (χ0v) is 11.1. The molecule has 21 heavy (non-hydrogen) atoms. The van der Waals surface area contributed by atoms with Crippen LogP contribution in [0.25, 0.3) is 0 Å². The van der Waals surface area contributed by atoms with Crippen molar-refractivity contribution in [3.63, 3.8) is 0 Å². The lowest BCUT2D eigenvalue weighted by Crippen LogP contribution is -2.37. The summed E-state index contributed by atoms with van der Waals surface area (Å²) in [6.07, 6.45) is 0.176. The molecule has 0 spiro atoms. The maximum atomic E-state index is 12.3. The Kier molecular flexibility index (Phi) is 3.17. The molecule has 5 heteroatoms. The van der Waals surface area contributed by atoms with Gasteiger partial charge >= 0.3 is 11.5 Å². The first-order chi connectivity index (χ1) is 10.1. The van der Waals surface area contributed by atoms with E-state index in [0.29, 0.717) is 5.75 Å². The van der Waals surface area contributed by atoms with Gasteiger partial charge in [0.25, 0.3) is 0 Å². The highest BCUT2D eigenvalue weighted by molar-refractivity contribution is 5.87. The van der Waals surface area contributed by atoms with Gasteiger partial charge in [0, 0.05) is 11.3 Å². The van der Waals surface area contributed by atoms with Crippen molar-refractivity contribution in [1.82, 2.24) is 0 Å². The summed E-state index contributed by atoms with van der Waals surface area (Å²) in [5.74, 6) is -0.903. The highest BCUT2D eigenvalue weighted by atomic mass is 16.6. The zero-order valence-electron chi connectivity index (χ0n) is 11.1. The minimum Gasteiger partial charge on any atom is -0.421 e. The lowest BCUT2D eigenvalue weighted by Gasteiger charge is -2.09. The summed E-state index contributed by atoms with van der Waals surface area (Å²) in [5, 5.41) is 11.4. The van der Waals surface area contributed by atoms with E-state index in [1.165, 1.54) is 0 Å². The summed E-state index contributed by atoms with van der Waals surface area (Å²) in [5.41, 5.74) is -0.865. The number of hydrogen-bond acceptors (Lipinski definition) is 4. The minimum absolute atomic E-state index is 0.176. The molecule has 1 aliphatic rings. The van der Waals surface area contributed by atoms with Gasteiger partial charge in [-0.15, -0.1) is 0 Å². The molecule has 1 saturated carbocycles. The van der Waals surface area contributed by atoms with E-state index in [1.807, 2.05) is 6.07 Å². The molecule has 0 aromatic heterocycles. The fraction of sp³-hybridized carbons (Fsp3) is 0.188. The zero-order chi connectivity index (χ0) is 14.9. The molecule has 2 aromatic rings. The highest BCUT2D eigenvalue weighted by Gasteiger charge is 2.74. The predicted octanol–water partition coefficient (Wildman–Crippen LogP) is 2.80. The summed E-state index contributed by atoms with van der Waals surface area (Å²) in [6, 6.07) is 17.5. The van der Waals surface area contributed by atoms with Crippen LogP contribution in [-0.2, 0) is 4.79 Å². The van der Waals surface area contributed by atoms with Crippen molar-refractivity contribution in [2.75, 3.05) is 0 Å². The first-order valence-electron chi connectivity index (χ1n) is 6.61. The molecule has 3 rings (SSSR count). The Bertz CT molecular complexity index is 671. The average molecular weight is 283 g/mol. The van der Waals surface area contributed by atoms with E-state index in [9.17, 15) is 14.9 Å². The van der Waals surface area contributed by atoms with Crippen molar-refractivity contribution in [2.45, 2.75) is 17.9 Å². The van der Waals surface area contributed by atoms with Crippen molar-refractivity contribution in [3.05, 3.63) is 76.3 Å². The van der Waals surface area contributed by atoms with Gasteiger partial charge in [-0.25, -0.2) is 4.79 Å². The number of ether oxygens (including phenoxy) is 1. The van der Waals surface area contributed by atoms with E-state index in [1.54, 1.807) is 54.6 Å². The molecule has 0 saturated heterocycles. The smallest absolute Gasteiger partial charge is 0.390 e. The summed E-state index contributed by atoms with van der Waals surface area (Å²) in [6.45, 7) is 0. The SMILES string of the molecule is O=C(Oc1ccccc1)C1([N+](=O)[O-])CC1c1ccccc1. The molecule has 0 aliphatic heterocycles. The largest absolute Gasteiger partial charge is 0.421 e. The fourth-order valence-corrected chi connectivity index (χ4v) is 2.52. The van der Waals surface area contributed by atoms with Crippen molar-refractivity contribution in [1.29, 1.82) is 0 Å². The normalized spacial score (nSPS) is 23.3. The molecule has 0 radical (unpaired) electrons. The lowest BCUT2D eigenvalue weighted by molar-refractivity contribution is -0.526. The van der Waals surface area contributed by atoms with E-state index in [-0.39, 0.29) is 6.42 Å². The number of esters is 1. The molecule has 0 N–H and O–H groups in total. The Morgan fingerprint density at radius 2 is 1.67 bits per heavy atom. The topological polar surface area (TPSA) is 69.4 Å². The number of nitrogens with zero attached hydrogens (tertiary/aromatic N) is 1. The number of benzene rings is 2. The van der Waals surface area contributed by atoms with Gasteiger partial charge in [0.1, 0.15) is 5.75 Å². The van der Waals surface area contributed by atoms with E-state index >= 15 is 0 Å². The van der Waals surface area contributed by atoms with Crippen molar-refractivity contribution < 1.29 is 14.5 Å². The number of nitro groups is 1. The molecular weight excluding hydrogens is 270 g/mol. The number of rotatable bonds is 4. The second kappa shape index (κ2) is 5.01. The van der Waals surface area contributed by atoms with Crippen LogP contribution in [0.15, 0.2) is 60.7 Å². The summed E-state index contributed by atoms with van der Waals surface area (Å²) in [4.78, 5) is 23.1. The van der Waals surface area contributed by atoms with E-state index in [0.717, 1.165) is 5.56 Å². The molecular formula is C16H13NO4. The molecule has 0 bridgehead atoms. The Balaban J connectivity index is 1.84. The van der Waals surface area contributed by atoms with Crippen LogP contribution in [0.2, 0.25) is 0 Å². The summed E-state index contributed by atoms with van der Waals surface area (Å²) in [7, 11) is 0. The molecule has 2 atom stereocenters. The van der Waals surface area contributed by atoms with Gasteiger partial charge in [0.05, 0.1) is 5.92 Å². The van der Waals surface area contributed by atoms with Crippen LogP contribution in [-0.4, -0.2) is 16.4 Å². The van der Waals surface area contributed by atoms with Crippen LogP contribution in [0.4, 0.5) is 0 Å². The third-order valence-electron chi connectivity index (χ3n) is 3.77. The molecule has 2 aromatic carbocycles. The molecule has 5 nitrogen and oxygen atoms in total. The van der Waals surface area contributed by atoms with Gasteiger partial charge in [-0.1, -0.05) is 48.5 Å². The van der Waals surface area contributed by atoms with Crippen molar-refractivity contribution >= 4 is 5.97 Å². The molecule has 106 valence electrons. The van der Waals surface area contributed by atoms with Gasteiger partial charge in [0.2, 0.25) is 0 Å². The Labute approximate surface area is 121 Å². The van der Waals surface area contributed by atoms with Crippen LogP contribution in [0.3, 0.4) is 0 Å².